The standard InChI is InChI=1S/C19H20ClNO4/c20-16-8-6-15(7-9-16)18-14-21(10-12-23-18)11-13-24-19(22)25-17-4-2-1-3-5-17/h1-9,18H,10-14H2. The van der Waals surface area contributed by atoms with Gasteiger partial charge in [0.25, 0.3) is 0 Å². The molecular weight excluding hydrogens is 342 g/mol. The summed E-state index contributed by atoms with van der Waals surface area (Å²) in [5.41, 5.74) is 1.10. The lowest BCUT2D eigenvalue weighted by Gasteiger charge is -2.32. The first-order valence-electron chi connectivity index (χ1n) is 8.20. The highest BCUT2D eigenvalue weighted by Gasteiger charge is 2.22. The number of hydrogen-bond donors (Lipinski definition) is 0. The molecular formula is C19H20ClNO4. The number of carbonyl (C=O) groups is 1. The van der Waals surface area contributed by atoms with Crippen molar-refractivity contribution < 1.29 is 19.0 Å². The predicted octanol–water partition coefficient (Wildman–Crippen LogP) is 3.93. The van der Waals surface area contributed by atoms with Gasteiger partial charge < -0.3 is 14.2 Å². The van der Waals surface area contributed by atoms with Gasteiger partial charge in [-0.1, -0.05) is 41.9 Å². The van der Waals surface area contributed by atoms with E-state index in [9.17, 15) is 4.79 Å². The molecule has 6 heteroatoms. The lowest BCUT2D eigenvalue weighted by molar-refractivity contribution is -0.0355. The first kappa shape index (κ1) is 17.7. The van der Waals surface area contributed by atoms with E-state index in [0.717, 1.165) is 18.7 Å². The van der Waals surface area contributed by atoms with Crippen LogP contribution in [0.3, 0.4) is 0 Å². The number of benzene rings is 2. The quantitative estimate of drug-likeness (QED) is 0.596. The van der Waals surface area contributed by atoms with Crippen molar-refractivity contribution in [3.8, 4) is 5.75 Å². The summed E-state index contributed by atoms with van der Waals surface area (Å²) in [6.07, 6.45) is -0.684. The van der Waals surface area contributed by atoms with E-state index in [2.05, 4.69) is 4.90 Å². The number of morpholine rings is 1. The maximum atomic E-state index is 11.7. The third-order valence-corrected chi connectivity index (χ3v) is 4.22. The van der Waals surface area contributed by atoms with Crippen LogP contribution in [-0.4, -0.2) is 43.9 Å². The summed E-state index contributed by atoms with van der Waals surface area (Å²) in [5.74, 6) is 0.474. The Kier molecular flexibility index (Phi) is 6.28. The van der Waals surface area contributed by atoms with E-state index in [1.807, 2.05) is 30.3 Å². The number of carbonyl (C=O) groups excluding carboxylic acids is 1. The van der Waals surface area contributed by atoms with Crippen LogP contribution in [0.4, 0.5) is 4.79 Å². The lowest BCUT2D eigenvalue weighted by Crippen LogP contribution is -2.40. The number of halogens is 1. The van der Waals surface area contributed by atoms with Crippen LogP contribution in [0.1, 0.15) is 11.7 Å². The molecule has 1 atom stereocenters. The molecule has 0 aliphatic carbocycles. The molecule has 5 nitrogen and oxygen atoms in total. The van der Waals surface area contributed by atoms with Crippen molar-refractivity contribution in [2.45, 2.75) is 6.10 Å². The highest BCUT2D eigenvalue weighted by atomic mass is 35.5. The van der Waals surface area contributed by atoms with Gasteiger partial charge in [-0.25, -0.2) is 4.79 Å². The molecule has 1 aliphatic rings. The summed E-state index contributed by atoms with van der Waals surface area (Å²) in [7, 11) is 0. The number of hydrogen-bond acceptors (Lipinski definition) is 5. The summed E-state index contributed by atoms with van der Waals surface area (Å²) in [5, 5.41) is 0.710. The van der Waals surface area contributed by atoms with Gasteiger partial charge in [-0.2, -0.15) is 0 Å². The minimum absolute atomic E-state index is 0.00212. The van der Waals surface area contributed by atoms with E-state index in [1.54, 1.807) is 24.3 Å². The minimum Gasteiger partial charge on any atom is -0.433 e. The van der Waals surface area contributed by atoms with Crippen LogP contribution in [0.5, 0.6) is 5.75 Å². The topological polar surface area (TPSA) is 48.0 Å². The second-order valence-electron chi connectivity index (χ2n) is 5.73. The van der Waals surface area contributed by atoms with Gasteiger partial charge in [0.2, 0.25) is 0 Å². The SMILES string of the molecule is O=C(OCCN1CCOC(c2ccc(Cl)cc2)C1)Oc1ccccc1. The van der Waals surface area contributed by atoms with E-state index in [4.69, 9.17) is 25.8 Å². The third-order valence-electron chi connectivity index (χ3n) is 3.96. The summed E-state index contributed by atoms with van der Waals surface area (Å²) in [6.45, 7) is 3.11. The van der Waals surface area contributed by atoms with Crippen molar-refractivity contribution in [1.82, 2.24) is 4.90 Å². The fraction of sp³-hybridized carbons (Fsp3) is 0.316. The zero-order chi connectivity index (χ0) is 17.5. The predicted molar refractivity (Wildman–Crippen MR) is 95.0 cm³/mol. The highest BCUT2D eigenvalue weighted by Crippen LogP contribution is 2.23. The Labute approximate surface area is 152 Å². The molecule has 1 heterocycles. The molecule has 0 radical (unpaired) electrons. The maximum Gasteiger partial charge on any atom is 0.513 e. The van der Waals surface area contributed by atoms with E-state index < -0.39 is 6.16 Å². The monoisotopic (exact) mass is 361 g/mol. The second kappa shape index (κ2) is 8.85. The maximum absolute atomic E-state index is 11.7. The van der Waals surface area contributed by atoms with Crippen molar-refractivity contribution in [3.05, 3.63) is 65.2 Å². The molecule has 132 valence electrons. The van der Waals surface area contributed by atoms with Crippen LogP contribution < -0.4 is 4.74 Å². The number of rotatable bonds is 5. The van der Waals surface area contributed by atoms with Gasteiger partial charge in [-0.15, -0.1) is 0 Å². The van der Waals surface area contributed by atoms with Gasteiger partial charge in [-0.05, 0) is 29.8 Å². The van der Waals surface area contributed by atoms with Crippen molar-refractivity contribution in [2.75, 3.05) is 32.8 Å². The average Bonchev–Trinajstić information content (AvgIpc) is 2.63. The van der Waals surface area contributed by atoms with E-state index in [-0.39, 0.29) is 12.7 Å². The Morgan fingerprint density at radius 2 is 1.92 bits per heavy atom. The van der Waals surface area contributed by atoms with E-state index in [0.29, 0.717) is 23.9 Å². The molecule has 0 amide bonds. The molecule has 0 saturated carbocycles. The summed E-state index contributed by atoms with van der Waals surface area (Å²) in [6, 6.07) is 16.5. The van der Waals surface area contributed by atoms with Crippen molar-refractivity contribution in [3.63, 3.8) is 0 Å². The van der Waals surface area contributed by atoms with Crippen molar-refractivity contribution >= 4 is 17.8 Å². The Morgan fingerprint density at radius 1 is 1.16 bits per heavy atom. The molecule has 3 rings (SSSR count). The third kappa shape index (κ3) is 5.46. The average molecular weight is 362 g/mol. The lowest BCUT2D eigenvalue weighted by atomic mass is 10.1. The fourth-order valence-electron chi connectivity index (χ4n) is 2.66. The van der Waals surface area contributed by atoms with Crippen LogP contribution in [0.2, 0.25) is 5.02 Å². The van der Waals surface area contributed by atoms with Crippen molar-refractivity contribution in [2.24, 2.45) is 0 Å². The van der Waals surface area contributed by atoms with Gasteiger partial charge >= 0.3 is 6.16 Å². The Hall–Kier alpha value is -2.08. The van der Waals surface area contributed by atoms with Gasteiger partial charge in [0.05, 0.1) is 12.7 Å². The number of para-hydroxylation sites is 1. The molecule has 0 aromatic heterocycles. The van der Waals surface area contributed by atoms with Gasteiger partial charge in [0.1, 0.15) is 12.4 Å². The largest absolute Gasteiger partial charge is 0.513 e. The molecule has 0 spiro atoms. The van der Waals surface area contributed by atoms with Crippen LogP contribution in [0.15, 0.2) is 54.6 Å². The molecule has 0 N–H and O–H groups in total. The van der Waals surface area contributed by atoms with Crippen LogP contribution in [0, 0.1) is 0 Å². The van der Waals surface area contributed by atoms with Gasteiger partial charge in [0.15, 0.2) is 0 Å². The highest BCUT2D eigenvalue weighted by molar-refractivity contribution is 6.30. The Balaban J connectivity index is 1.42. The first-order valence-corrected chi connectivity index (χ1v) is 8.57. The van der Waals surface area contributed by atoms with E-state index >= 15 is 0 Å². The Morgan fingerprint density at radius 3 is 2.68 bits per heavy atom. The Bertz CT molecular complexity index is 678. The first-order chi connectivity index (χ1) is 12.2. The second-order valence-corrected chi connectivity index (χ2v) is 6.16. The molecule has 2 aromatic rings. The van der Waals surface area contributed by atoms with Crippen LogP contribution in [0.25, 0.3) is 0 Å². The van der Waals surface area contributed by atoms with E-state index in [1.165, 1.54) is 0 Å². The summed E-state index contributed by atoms with van der Waals surface area (Å²) < 4.78 is 16.1. The molecule has 0 bridgehead atoms. The van der Waals surface area contributed by atoms with Crippen molar-refractivity contribution in [1.29, 1.82) is 0 Å². The summed E-state index contributed by atoms with van der Waals surface area (Å²) in [4.78, 5) is 13.9. The zero-order valence-electron chi connectivity index (χ0n) is 13.8. The van der Waals surface area contributed by atoms with Gasteiger partial charge in [-0.3, -0.25) is 4.90 Å². The molecule has 1 saturated heterocycles. The molecule has 1 fully saturated rings. The normalized spacial score (nSPS) is 17.9. The van der Waals surface area contributed by atoms with Gasteiger partial charge in [0, 0.05) is 24.7 Å². The number of ether oxygens (including phenoxy) is 3. The molecule has 1 unspecified atom stereocenters. The molecule has 25 heavy (non-hydrogen) atoms. The smallest absolute Gasteiger partial charge is 0.433 e. The number of nitrogens with zero attached hydrogens (tertiary/aromatic N) is 1. The van der Waals surface area contributed by atoms with Crippen LogP contribution in [-0.2, 0) is 9.47 Å². The fourth-order valence-corrected chi connectivity index (χ4v) is 2.78. The van der Waals surface area contributed by atoms with Crippen LogP contribution >= 0.6 is 11.6 Å². The summed E-state index contributed by atoms with van der Waals surface area (Å²) >= 11 is 5.92. The minimum atomic E-state index is -0.686. The zero-order valence-corrected chi connectivity index (χ0v) is 14.5. The molecule has 2 aromatic carbocycles. The molecule has 1 aliphatic heterocycles.